The van der Waals surface area contributed by atoms with E-state index in [0.29, 0.717) is 0 Å². The molecule has 0 radical (unpaired) electrons. The first-order valence-electron chi connectivity index (χ1n) is 6.63. The molecule has 0 unspecified atom stereocenters. The molecule has 20 heavy (non-hydrogen) atoms. The minimum Gasteiger partial charge on any atom is -0.480 e. The van der Waals surface area contributed by atoms with Crippen molar-refractivity contribution >= 4 is 22.6 Å². The van der Waals surface area contributed by atoms with Crippen molar-refractivity contribution in [3.8, 4) is 0 Å². The van der Waals surface area contributed by atoms with Crippen LogP contribution in [0.15, 0.2) is 30.5 Å². The second-order valence-electron chi connectivity index (χ2n) is 4.91. The van der Waals surface area contributed by atoms with Crippen molar-refractivity contribution in [1.29, 1.82) is 0 Å². The molecule has 3 rings (SSSR count). The van der Waals surface area contributed by atoms with E-state index in [1.165, 1.54) is 0 Å². The van der Waals surface area contributed by atoms with Gasteiger partial charge in [-0.2, -0.15) is 5.10 Å². The third-order valence-corrected chi connectivity index (χ3v) is 3.58. The van der Waals surface area contributed by atoms with E-state index in [1.54, 1.807) is 6.20 Å². The van der Waals surface area contributed by atoms with Crippen LogP contribution in [0.2, 0.25) is 0 Å². The maximum Gasteiger partial charge on any atom is 0.317 e. The van der Waals surface area contributed by atoms with Crippen molar-refractivity contribution in [2.45, 2.75) is 0 Å². The van der Waals surface area contributed by atoms with Crippen LogP contribution in [-0.4, -0.2) is 58.9 Å². The average Bonchev–Trinajstić information content (AvgIpc) is 2.47. The van der Waals surface area contributed by atoms with Gasteiger partial charge in [0.15, 0.2) is 5.82 Å². The standard InChI is InChI=1S/C14H16N4O2/c19-13(20)10-17-5-7-18(8-6-17)14-12-4-2-1-3-11(12)9-15-16-14/h1-4,9H,5-8,10H2,(H,19,20). The zero-order valence-electron chi connectivity index (χ0n) is 11.1. The quantitative estimate of drug-likeness (QED) is 0.892. The van der Waals surface area contributed by atoms with E-state index < -0.39 is 5.97 Å². The number of hydrogen-bond donors (Lipinski definition) is 1. The van der Waals surface area contributed by atoms with Crippen LogP contribution in [0.3, 0.4) is 0 Å². The van der Waals surface area contributed by atoms with Gasteiger partial charge in [-0.3, -0.25) is 9.69 Å². The molecule has 1 N–H and O–H groups in total. The van der Waals surface area contributed by atoms with Gasteiger partial charge in [0, 0.05) is 37.0 Å². The van der Waals surface area contributed by atoms with E-state index in [9.17, 15) is 4.79 Å². The Hall–Kier alpha value is -2.21. The summed E-state index contributed by atoms with van der Waals surface area (Å²) in [5, 5.41) is 19.3. The summed E-state index contributed by atoms with van der Waals surface area (Å²) in [6, 6.07) is 8.05. The van der Waals surface area contributed by atoms with Crippen molar-refractivity contribution < 1.29 is 9.90 Å². The predicted octanol–water partition coefficient (Wildman–Crippen LogP) is 0.836. The van der Waals surface area contributed by atoms with E-state index in [1.807, 2.05) is 29.2 Å². The normalized spacial score (nSPS) is 16.5. The Morgan fingerprint density at radius 3 is 2.70 bits per heavy atom. The summed E-state index contributed by atoms with van der Waals surface area (Å²) in [5.74, 6) is 0.112. The number of nitrogens with zero attached hydrogens (tertiary/aromatic N) is 4. The van der Waals surface area contributed by atoms with Gasteiger partial charge in [0.25, 0.3) is 0 Å². The number of anilines is 1. The number of benzene rings is 1. The lowest BCUT2D eigenvalue weighted by Gasteiger charge is -2.34. The third kappa shape index (κ3) is 2.55. The minimum absolute atomic E-state index is 0.106. The number of aliphatic carboxylic acids is 1. The maximum absolute atomic E-state index is 10.7. The molecule has 104 valence electrons. The Morgan fingerprint density at radius 1 is 1.20 bits per heavy atom. The number of aromatic nitrogens is 2. The monoisotopic (exact) mass is 272 g/mol. The molecule has 0 spiro atoms. The van der Waals surface area contributed by atoms with E-state index in [2.05, 4.69) is 15.1 Å². The molecule has 6 heteroatoms. The van der Waals surface area contributed by atoms with Gasteiger partial charge < -0.3 is 10.0 Å². The maximum atomic E-state index is 10.7. The second kappa shape index (κ2) is 5.42. The lowest BCUT2D eigenvalue weighted by Crippen LogP contribution is -2.48. The van der Waals surface area contributed by atoms with Gasteiger partial charge in [-0.25, -0.2) is 0 Å². The van der Waals surface area contributed by atoms with Crippen molar-refractivity contribution in [2.24, 2.45) is 0 Å². The summed E-state index contributed by atoms with van der Waals surface area (Å²) in [6.45, 7) is 3.12. The summed E-state index contributed by atoms with van der Waals surface area (Å²) < 4.78 is 0. The van der Waals surface area contributed by atoms with E-state index >= 15 is 0 Å². The predicted molar refractivity (Wildman–Crippen MR) is 75.8 cm³/mol. The summed E-state index contributed by atoms with van der Waals surface area (Å²) in [7, 11) is 0. The first kappa shape index (κ1) is 12.8. The van der Waals surface area contributed by atoms with Crippen LogP contribution in [-0.2, 0) is 4.79 Å². The van der Waals surface area contributed by atoms with Gasteiger partial charge in [-0.05, 0) is 0 Å². The van der Waals surface area contributed by atoms with Crippen LogP contribution in [0.5, 0.6) is 0 Å². The van der Waals surface area contributed by atoms with E-state index in [4.69, 9.17) is 5.11 Å². The summed E-state index contributed by atoms with van der Waals surface area (Å²) in [4.78, 5) is 14.8. The lowest BCUT2D eigenvalue weighted by atomic mass is 10.1. The van der Waals surface area contributed by atoms with Crippen molar-refractivity contribution in [3.63, 3.8) is 0 Å². The zero-order chi connectivity index (χ0) is 13.9. The van der Waals surface area contributed by atoms with Crippen LogP contribution < -0.4 is 4.90 Å². The highest BCUT2D eigenvalue weighted by atomic mass is 16.4. The Morgan fingerprint density at radius 2 is 1.95 bits per heavy atom. The van der Waals surface area contributed by atoms with E-state index in [-0.39, 0.29) is 6.54 Å². The molecule has 1 aliphatic heterocycles. The first-order valence-corrected chi connectivity index (χ1v) is 6.63. The van der Waals surface area contributed by atoms with Crippen LogP contribution in [0, 0.1) is 0 Å². The highest BCUT2D eigenvalue weighted by Gasteiger charge is 2.21. The van der Waals surface area contributed by atoms with Gasteiger partial charge in [0.2, 0.25) is 0 Å². The van der Waals surface area contributed by atoms with Crippen molar-refractivity contribution in [3.05, 3.63) is 30.5 Å². The highest BCUT2D eigenvalue weighted by molar-refractivity contribution is 5.91. The average molecular weight is 272 g/mol. The molecular weight excluding hydrogens is 256 g/mol. The van der Waals surface area contributed by atoms with E-state index in [0.717, 1.165) is 42.8 Å². The smallest absolute Gasteiger partial charge is 0.317 e. The van der Waals surface area contributed by atoms with Crippen LogP contribution in [0.25, 0.3) is 10.8 Å². The summed E-state index contributed by atoms with van der Waals surface area (Å²) in [6.07, 6.45) is 1.76. The number of hydrogen-bond acceptors (Lipinski definition) is 5. The fourth-order valence-corrected chi connectivity index (χ4v) is 2.56. The van der Waals surface area contributed by atoms with Gasteiger partial charge in [0.1, 0.15) is 0 Å². The lowest BCUT2D eigenvalue weighted by molar-refractivity contribution is -0.138. The molecule has 1 aromatic heterocycles. The molecular formula is C14H16N4O2. The van der Waals surface area contributed by atoms with Crippen molar-refractivity contribution in [2.75, 3.05) is 37.6 Å². The summed E-state index contributed by atoms with van der Waals surface area (Å²) >= 11 is 0. The molecule has 0 atom stereocenters. The van der Waals surface area contributed by atoms with Crippen molar-refractivity contribution in [1.82, 2.24) is 15.1 Å². The SMILES string of the molecule is O=C(O)CN1CCN(c2nncc3ccccc23)CC1. The topological polar surface area (TPSA) is 69.6 Å². The summed E-state index contributed by atoms with van der Waals surface area (Å²) in [5.41, 5.74) is 0. The molecule has 2 aromatic rings. The molecule has 1 fully saturated rings. The Kier molecular flexibility index (Phi) is 3.47. The van der Waals surface area contributed by atoms with Gasteiger partial charge >= 0.3 is 5.97 Å². The number of carboxylic acid groups (broad SMARTS) is 1. The van der Waals surface area contributed by atoms with Crippen LogP contribution in [0.4, 0.5) is 5.82 Å². The molecule has 0 aliphatic carbocycles. The second-order valence-corrected chi connectivity index (χ2v) is 4.91. The number of piperazine rings is 1. The fraction of sp³-hybridized carbons (Fsp3) is 0.357. The Labute approximate surface area is 116 Å². The largest absolute Gasteiger partial charge is 0.480 e. The molecule has 1 aliphatic rings. The number of carbonyl (C=O) groups is 1. The van der Waals surface area contributed by atoms with Gasteiger partial charge in [-0.15, -0.1) is 5.10 Å². The van der Waals surface area contributed by atoms with Gasteiger partial charge in [-0.1, -0.05) is 24.3 Å². The van der Waals surface area contributed by atoms with Gasteiger partial charge in [0.05, 0.1) is 12.7 Å². The highest BCUT2D eigenvalue weighted by Crippen LogP contribution is 2.23. The zero-order valence-corrected chi connectivity index (χ0v) is 11.1. The molecule has 0 amide bonds. The molecule has 2 heterocycles. The first-order chi connectivity index (χ1) is 9.74. The van der Waals surface area contributed by atoms with Crippen LogP contribution in [0.1, 0.15) is 0 Å². The molecule has 1 aromatic carbocycles. The third-order valence-electron chi connectivity index (χ3n) is 3.58. The number of carboxylic acids is 1. The number of rotatable bonds is 3. The molecule has 1 saturated heterocycles. The number of fused-ring (bicyclic) bond motifs is 1. The molecule has 6 nitrogen and oxygen atoms in total. The van der Waals surface area contributed by atoms with Crippen LogP contribution >= 0.6 is 0 Å². The fourth-order valence-electron chi connectivity index (χ4n) is 2.56. The Balaban J connectivity index is 1.78. The minimum atomic E-state index is -0.775. The molecule has 0 saturated carbocycles. The Bertz CT molecular complexity index is 618. The molecule has 0 bridgehead atoms.